The van der Waals surface area contributed by atoms with Crippen LogP contribution in [0.25, 0.3) is 0 Å². The van der Waals surface area contributed by atoms with Gasteiger partial charge >= 0.3 is 5.97 Å². The Balaban J connectivity index is 3.07. The second kappa shape index (κ2) is 3.67. The van der Waals surface area contributed by atoms with Gasteiger partial charge in [-0.05, 0) is 18.1 Å². The summed E-state index contributed by atoms with van der Waals surface area (Å²) in [6.07, 6.45) is 3.66. The van der Waals surface area contributed by atoms with Crippen molar-refractivity contribution in [1.29, 1.82) is 0 Å². The third-order valence-corrected chi connectivity index (χ3v) is 1.46. The molecule has 3 heteroatoms. The Kier molecular flexibility index (Phi) is 2.58. The lowest BCUT2D eigenvalue weighted by atomic mass is 10.1. The molecule has 3 nitrogen and oxygen atoms in total. The predicted molar refractivity (Wildman–Crippen MR) is 45.1 cm³/mol. The van der Waals surface area contributed by atoms with Gasteiger partial charge in [-0.2, -0.15) is 0 Å². The highest BCUT2D eigenvalue weighted by atomic mass is 16.4. The van der Waals surface area contributed by atoms with Crippen molar-refractivity contribution in [3.05, 3.63) is 42.2 Å². The predicted octanol–water partition coefficient (Wildman–Crippen LogP) is 1.51. The maximum atomic E-state index is 10.6. The fourth-order valence-corrected chi connectivity index (χ4v) is 0.951. The van der Waals surface area contributed by atoms with Gasteiger partial charge < -0.3 is 5.11 Å². The minimum Gasteiger partial charge on any atom is -0.477 e. The van der Waals surface area contributed by atoms with Gasteiger partial charge in [-0.25, -0.2) is 9.78 Å². The second-order valence-corrected chi connectivity index (χ2v) is 2.31. The number of carbonyl (C=O) groups is 1. The number of hydrogen-bond acceptors (Lipinski definition) is 2. The van der Waals surface area contributed by atoms with Gasteiger partial charge in [-0.3, -0.25) is 0 Å². The summed E-state index contributed by atoms with van der Waals surface area (Å²) < 4.78 is 0. The summed E-state index contributed by atoms with van der Waals surface area (Å²) >= 11 is 0. The van der Waals surface area contributed by atoms with Crippen LogP contribution in [0.4, 0.5) is 0 Å². The van der Waals surface area contributed by atoms with Crippen LogP contribution in [0.1, 0.15) is 16.1 Å². The Hall–Kier alpha value is -1.64. The normalized spacial score (nSPS) is 9.33. The minimum absolute atomic E-state index is 0.109. The molecule has 1 N–H and O–H groups in total. The second-order valence-electron chi connectivity index (χ2n) is 2.31. The molecular weight excluding hydrogens is 154 g/mol. The van der Waals surface area contributed by atoms with Crippen molar-refractivity contribution in [2.75, 3.05) is 0 Å². The summed E-state index contributed by atoms with van der Waals surface area (Å²) in [6, 6.07) is 3.45. The van der Waals surface area contributed by atoms with E-state index in [2.05, 4.69) is 11.6 Å². The standard InChI is InChI=1S/C9H9NO2/c1-2-4-7-5-3-6-10-8(7)9(11)12/h2-3,5-6H,1,4H2,(H,11,12). The van der Waals surface area contributed by atoms with Crippen LogP contribution in [0, 0.1) is 0 Å². The minimum atomic E-state index is -0.993. The summed E-state index contributed by atoms with van der Waals surface area (Å²) in [5.74, 6) is -0.993. The van der Waals surface area contributed by atoms with Crippen molar-refractivity contribution in [1.82, 2.24) is 4.98 Å². The van der Waals surface area contributed by atoms with Gasteiger partial charge in [0, 0.05) is 6.20 Å². The first kappa shape index (κ1) is 8.46. The monoisotopic (exact) mass is 163 g/mol. The number of carboxylic acid groups (broad SMARTS) is 1. The fourth-order valence-electron chi connectivity index (χ4n) is 0.951. The molecule has 0 aliphatic carbocycles. The van der Waals surface area contributed by atoms with E-state index >= 15 is 0 Å². The number of nitrogens with zero attached hydrogens (tertiary/aromatic N) is 1. The molecule has 0 aromatic carbocycles. The van der Waals surface area contributed by atoms with Crippen LogP contribution in [0.3, 0.4) is 0 Å². The summed E-state index contributed by atoms with van der Waals surface area (Å²) in [7, 11) is 0. The summed E-state index contributed by atoms with van der Waals surface area (Å²) in [5.41, 5.74) is 0.803. The van der Waals surface area contributed by atoms with Crippen LogP contribution in [0.5, 0.6) is 0 Å². The summed E-state index contributed by atoms with van der Waals surface area (Å²) in [6.45, 7) is 3.54. The molecule has 0 unspecified atom stereocenters. The van der Waals surface area contributed by atoms with Crippen LogP contribution in [0.2, 0.25) is 0 Å². The molecule has 1 rings (SSSR count). The lowest BCUT2D eigenvalue weighted by Crippen LogP contribution is -2.04. The smallest absolute Gasteiger partial charge is 0.354 e. The number of carboxylic acids is 1. The zero-order valence-electron chi connectivity index (χ0n) is 6.53. The van der Waals surface area contributed by atoms with Gasteiger partial charge in [0.15, 0.2) is 5.69 Å². The summed E-state index contributed by atoms with van der Waals surface area (Å²) in [4.78, 5) is 14.3. The van der Waals surface area contributed by atoms with Crippen molar-refractivity contribution < 1.29 is 9.90 Å². The highest BCUT2D eigenvalue weighted by Gasteiger charge is 2.08. The van der Waals surface area contributed by atoms with E-state index in [0.717, 1.165) is 0 Å². The molecule has 0 saturated carbocycles. The average Bonchev–Trinajstić information content (AvgIpc) is 2.05. The molecule has 62 valence electrons. The number of aromatic nitrogens is 1. The van der Waals surface area contributed by atoms with E-state index in [1.165, 1.54) is 6.20 Å². The highest BCUT2D eigenvalue weighted by Crippen LogP contribution is 2.05. The zero-order valence-corrected chi connectivity index (χ0v) is 6.53. The Morgan fingerprint density at radius 3 is 3.08 bits per heavy atom. The maximum Gasteiger partial charge on any atom is 0.354 e. The van der Waals surface area contributed by atoms with E-state index < -0.39 is 5.97 Å². The van der Waals surface area contributed by atoms with E-state index in [1.807, 2.05) is 0 Å². The molecule has 0 spiro atoms. The van der Waals surface area contributed by atoms with Crippen LogP contribution in [0.15, 0.2) is 31.0 Å². The van der Waals surface area contributed by atoms with Gasteiger partial charge in [0.2, 0.25) is 0 Å². The first-order chi connectivity index (χ1) is 5.75. The van der Waals surface area contributed by atoms with E-state index in [4.69, 9.17) is 5.11 Å². The number of aromatic carboxylic acids is 1. The van der Waals surface area contributed by atoms with Gasteiger partial charge in [-0.1, -0.05) is 12.1 Å². The Bertz CT molecular complexity index is 307. The molecule has 0 bridgehead atoms. The molecule has 12 heavy (non-hydrogen) atoms. The average molecular weight is 163 g/mol. The van der Waals surface area contributed by atoms with Gasteiger partial charge in [0.1, 0.15) is 0 Å². The molecule has 1 heterocycles. The molecule has 1 aromatic heterocycles. The molecule has 0 aliphatic heterocycles. The summed E-state index contributed by atoms with van der Waals surface area (Å²) in [5, 5.41) is 8.70. The molecule has 0 aliphatic rings. The van der Waals surface area contributed by atoms with E-state index in [1.54, 1.807) is 18.2 Å². The highest BCUT2D eigenvalue weighted by molar-refractivity contribution is 5.87. The van der Waals surface area contributed by atoms with Crippen molar-refractivity contribution >= 4 is 5.97 Å². The maximum absolute atomic E-state index is 10.6. The Morgan fingerprint density at radius 2 is 2.50 bits per heavy atom. The van der Waals surface area contributed by atoms with E-state index in [0.29, 0.717) is 12.0 Å². The Labute approximate surface area is 70.4 Å². The van der Waals surface area contributed by atoms with Gasteiger partial charge in [0.05, 0.1) is 0 Å². The van der Waals surface area contributed by atoms with E-state index in [9.17, 15) is 4.79 Å². The first-order valence-electron chi connectivity index (χ1n) is 3.53. The van der Waals surface area contributed by atoms with Crippen LogP contribution in [-0.4, -0.2) is 16.1 Å². The van der Waals surface area contributed by atoms with Crippen molar-refractivity contribution in [2.24, 2.45) is 0 Å². The molecule has 0 atom stereocenters. The quantitative estimate of drug-likeness (QED) is 0.687. The first-order valence-corrected chi connectivity index (χ1v) is 3.53. The number of rotatable bonds is 3. The topological polar surface area (TPSA) is 50.2 Å². The molecule has 0 saturated heterocycles. The number of pyridine rings is 1. The number of allylic oxidation sites excluding steroid dienone is 1. The zero-order chi connectivity index (χ0) is 8.97. The molecule has 1 aromatic rings. The van der Waals surface area contributed by atoms with Crippen molar-refractivity contribution in [2.45, 2.75) is 6.42 Å². The largest absolute Gasteiger partial charge is 0.477 e. The molecule has 0 amide bonds. The molecular formula is C9H9NO2. The van der Waals surface area contributed by atoms with Crippen LogP contribution < -0.4 is 0 Å². The fraction of sp³-hybridized carbons (Fsp3) is 0.111. The van der Waals surface area contributed by atoms with Gasteiger partial charge in [0.25, 0.3) is 0 Å². The lowest BCUT2D eigenvalue weighted by molar-refractivity contribution is 0.0689. The van der Waals surface area contributed by atoms with Crippen molar-refractivity contribution in [3.63, 3.8) is 0 Å². The van der Waals surface area contributed by atoms with Gasteiger partial charge in [-0.15, -0.1) is 6.58 Å². The lowest BCUT2D eigenvalue weighted by Gasteiger charge is -1.99. The van der Waals surface area contributed by atoms with Crippen molar-refractivity contribution in [3.8, 4) is 0 Å². The third kappa shape index (κ3) is 1.69. The third-order valence-electron chi connectivity index (χ3n) is 1.46. The van der Waals surface area contributed by atoms with E-state index in [-0.39, 0.29) is 5.69 Å². The Morgan fingerprint density at radius 1 is 1.75 bits per heavy atom. The SMILES string of the molecule is C=CCc1cccnc1C(=O)O. The van der Waals surface area contributed by atoms with Crippen LogP contribution in [-0.2, 0) is 6.42 Å². The molecule has 0 radical (unpaired) electrons. The number of hydrogen-bond donors (Lipinski definition) is 1. The van der Waals surface area contributed by atoms with Crippen LogP contribution >= 0.6 is 0 Å². The molecule has 0 fully saturated rings.